The van der Waals surface area contributed by atoms with E-state index in [1.807, 2.05) is 72.8 Å². The van der Waals surface area contributed by atoms with Crippen molar-refractivity contribution in [1.29, 1.82) is 0 Å². The van der Waals surface area contributed by atoms with E-state index >= 15 is 0 Å². The molecule has 0 spiro atoms. The Labute approximate surface area is 193 Å². The minimum Gasteiger partial charge on any atom is -0.436 e. The Bertz CT molecular complexity index is 1360. The van der Waals surface area contributed by atoms with Crippen LogP contribution in [0.4, 0.5) is 5.69 Å². The van der Waals surface area contributed by atoms with Crippen LogP contribution < -0.4 is 5.32 Å². The van der Waals surface area contributed by atoms with Gasteiger partial charge in [0.1, 0.15) is 5.52 Å². The van der Waals surface area contributed by atoms with Crippen LogP contribution in [0.5, 0.6) is 0 Å². The maximum Gasteiger partial charge on any atom is 0.255 e. The van der Waals surface area contributed by atoms with Crippen LogP contribution in [0.2, 0.25) is 0 Å². The van der Waals surface area contributed by atoms with Gasteiger partial charge in [-0.2, -0.15) is 0 Å². The zero-order chi connectivity index (χ0) is 21.2. The van der Waals surface area contributed by atoms with Gasteiger partial charge in [-0.15, -0.1) is 0 Å². The predicted octanol–water partition coefficient (Wildman–Crippen LogP) is 7.02. The molecule has 1 N–H and O–H groups in total. The molecule has 0 aliphatic carbocycles. The number of nitrogens with one attached hydrogen (secondary N) is 1. The second-order valence-corrected chi connectivity index (χ2v) is 8.35. The summed E-state index contributed by atoms with van der Waals surface area (Å²) in [4.78, 5) is 17.1. The highest BCUT2D eigenvalue weighted by atomic mass is 127. The normalized spacial score (nSPS) is 10.9. The largest absolute Gasteiger partial charge is 0.436 e. The molecule has 0 unspecified atom stereocenters. The maximum atomic E-state index is 12.5. The van der Waals surface area contributed by atoms with Gasteiger partial charge in [-0.25, -0.2) is 4.98 Å². The number of carbonyl (C=O) groups is 1. The molecular formula is C26H17IN2O2. The fourth-order valence-corrected chi connectivity index (χ4v) is 3.73. The standard InChI is InChI=1S/C26H17IN2O2/c27-21-12-10-19(11-13-21)25(30)28-22-14-15-24-23(16-22)29-26(31-24)20-8-6-18(7-9-20)17-4-2-1-3-5-17/h1-16H,(H,28,30). The zero-order valence-corrected chi connectivity index (χ0v) is 18.5. The van der Waals surface area contributed by atoms with Gasteiger partial charge in [0.25, 0.3) is 5.91 Å². The van der Waals surface area contributed by atoms with Crippen molar-refractivity contribution in [2.24, 2.45) is 0 Å². The molecule has 0 bridgehead atoms. The van der Waals surface area contributed by atoms with Crippen LogP contribution in [0.15, 0.2) is 101 Å². The van der Waals surface area contributed by atoms with E-state index in [0.717, 1.165) is 14.7 Å². The van der Waals surface area contributed by atoms with Crippen molar-refractivity contribution in [2.75, 3.05) is 5.32 Å². The molecule has 0 atom stereocenters. The van der Waals surface area contributed by atoms with E-state index < -0.39 is 0 Å². The Balaban J connectivity index is 1.38. The summed E-state index contributed by atoms with van der Waals surface area (Å²) in [5.41, 5.74) is 5.87. The van der Waals surface area contributed by atoms with E-state index in [4.69, 9.17) is 4.42 Å². The number of fused-ring (bicyclic) bond motifs is 1. The third-order valence-corrected chi connectivity index (χ3v) is 5.71. The van der Waals surface area contributed by atoms with Crippen molar-refractivity contribution in [1.82, 2.24) is 4.98 Å². The summed E-state index contributed by atoms with van der Waals surface area (Å²) in [6.45, 7) is 0. The third kappa shape index (κ3) is 4.22. The number of anilines is 1. The smallest absolute Gasteiger partial charge is 0.255 e. The number of halogens is 1. The van der Waals surface area contributed by atoms with Gasteiger partial charge in [0.2, 0.25) is 5.89 Å². The molecule has 5 heteroatoms. The molecule has 4 nitrogen and oxygen atoms in total. The lowest BCUT2D eigenvalue weighted by Gasteiger charge is -2.05. The Hall–Kier alpha value is -3.45. The zero-order valence-electron chi connectivity index (χ0n) is 16.4. The lowest BCUT2D eigenvalue weighted by atomic mass is 10.0. The summed E-state index contributed by atoms with van der Waals surface area (Å²) in [5.74, 6) is 0.395. The predicted molar refractivity (Wildman–Crippen MR) is 132 cm³/mol. The van der Waals surface area contributed by atoms with E-state index in [2.05, 4.69) is 57.2 Å². The van der Waals surface area contributed by atoms with Crippen LogP contribution in [0, 0.1) is 3.57 Å². The van der Waals surface area contributed by atoms with Crippen molar-refractivity contribution in [3.8, 4) is 22.6 Å². The second kappa shape index (κ2) is 8.35. The van der Waals surface area contributed by atoms with Gasteiger partial charge >= 0.3 is 0 Å². The minimum atomic E-state index is -0.157. The van der Waals surface area contributed by atoms with Crippen LogP contribution in [0.3, 0.4) is 0 Å². The van der Waals surface area contributed by atoms with Gasteiger partial charge < -0.3 is 9.73 Å². The van der Waals surface area contributed by atoms with E-state index in [1.165, 1.54) is 5.56 Å². The van der Waals surface area contributed by atoms with Crippen LogP contribution in [0.1, 0.15) is 10.4 Å². The van der Waals surface area contributed by atoms with Crippen LogP contribution in [0.25, 0.3) is 33.7 Å². The lowest BCUT2D eigenvalue weighted by molar-refractivity contribution is 0.102. The summed E-state index contributed by atoms with van der Waals surface area (Å²) in [7, 11) is 0. The van der Waals surface area contributed by atoms with E-state index in [1.54, 1.807) is 0 Å². The number of oxazole rings is 1. The van der Waals surface area contributed by atoms with Gasteiger partial charge in [-0.3, -0.25) is 4.79 Å². The molecule has 1 heterocycles. The Morgan fingerprint density at radius 3 is 2.19 bits per heavy atom. The monoisotopic (exact) mass is 516 g/mol. The molecule has 0 aliphatic heterocycles. The molecule has 1 amide bonds. The molecule has 0 saturated heterocycles. The van der Waals surface area contributed by atoms with Crippen molar-refractivity contribution >= 4 is 45.3 Å². The number of hydrogen-bond acceptors (Lipinski definition) is 3. The molecule has 5 rings (SSSR count). The number of carbonyl (C=O) groups excluding carboxylic acids is 1. The van der Waals surface area contributed by atoms with Crippen molar-refractivity contribution in [2.45, 2.75) is 0 Å². The third-order valence-electron chi connectivity index (χ3n) is 4.99. The van der Waals surface area contributed by atoms with Crippen LogP contribution in [-0.4, -0.2) is 10.9 Å². The van der Waals surface area contributed by atoms with Gasteiger partial charge in [0.05, 0.1) is 0 Å². The van der Waals surface area contributed by atoms with Gasteiger partial charge in [-0.05, 0) is 88.3 Å². The average Bonchev–Trinajstić information content (AvgIpc) is 3.24. The van der Waals surface area contributed by atoms with Crippen molar-refractivity contribution in [3.63, 3.8) is 0 Å². The molecule has 4 aromatic carbocycles. The number of aromatic nitrogens is 1. The number of nitrogens with zero attached hydrogens (tertiary/aromatic N) is 1. The first kappa shape index (κ1) is 19.5. The van der Waals surface area contributed by atoms with Gasteiger partial charge in [0, 0.05) is 20.4 Å². The van der Waals surface area contributed by atoms with Gasteiger partial charge in [-0.1, -0.05) is 42.5 Å². The SMILES string of the molecule is O=C(Nc1ccc2oc(-c3ccc(-c4ccccc4)cc3)nc2c1)c1ccc(I)cc1. The number of hydrogen-bond donors (Lipinski definition) is 1. The lowest BCUT2D eigenvalue weighted by Crippen LogP contribution is -2.11. The van der Waals surface area contributed by atoms with Crippen molar-refractivity contribution < 1.29 is 9.21 Å². The van der Waals surface area contributed by atoms with E-state index in [0.29, 0.717) is 28.2 Å². The molecule has 1 aromatic heterocycles. The van der Waals surface area contributed by atoms with E-state index in [9.17, 15) is 4.79 Å². The quantitative estimate of drug-likeness (QED) is 0.261. The first-order valence-corrected chi connectivity index (χ1v) is 10.9. The topological polar surface area (TPSA) is 55.1 Å². The second-order valence-electron chi connectivity index (χ2n) is 7.11. The van der Waals surface area contributed by atoms with Crippen LogP contribution >= 0.6 is 22.6 Å². The Morgan fingerprint density at radius 2 is 1.45 bits per heavy atom. The summed E-state index contributed by atoms with van der Waals surface area (Å²) in [6.07, 6.45) is 0. The molecule has 31 heavy (non-hydrogen) atoms. The first-order chi connectivity index (χ1) is 15.2. The fourth-order valence-electron chi connectivity index (χ4n) is 3.37. The van der Waals surface area contributed by atoms with Crippen LogP contribution in [-0.2, 0) is 0 Å². The molecular weight excluding hydrogens is 499 g/mol. The summed E-state index contributed by atoms with van der Waals surface area (Å²) >= 11 is 2.21. The van der Waals surface area contributed by atoms with E-state index in [-0.39, 0.29) is 5.91 Å². The summed E-state index contributed by atoms with van der Waals surface area (Å²) in [6, 6.07) is 31.3. The maximum absolute atomic E-state index is 12.5. The molecule has 150 valence electrons. The molecule has 0 fully saturated rings. The highest BCUT2D eigenvalue weighted by molar-refractivity contribution is 14.1. The van der Waals surface area contributed by atoms with Gasteiger partial charge in [0.15, 0.2) is 5.58 Å². The van der Waals surface area contributed by atoms with Crippen molar-refractivity contribution in [3.05, 3.63) is 106 Å². The molecule has 5 aromatic rings. The number of benzene rings is 4. The fraction of sp³-hybridized carbons (Fsp3) is 0. The number of amides is 1. The Morgan fingerprint density at radius 1 is 0.774 bits per heavy atom. The summed E-state index contributed by atoms with van der Waals surface area (Å²) < 4.78 is 7.02. The highest BCUT2D eigenvalue weighted by Crippen LogP contribution is 2.28. The number of rotatable bonds is 4. The Kier molecular flexibility index (Phi) is 5.26. The minimum absolute atomic E-state index is 0.157. The average molecular weight is 516 g/mol. The molecule has 0 radical (unpaired) electrons. The molecule has 0 aliphatic rings. The molecule has 0 saturated carbocycles. The first-order valence-electron chi connectivity index (χ1n) is 9.79. The summed E-state index contributed by atoms with van der Waals surface area (Å²) in [5, 5.41) is 2.92. The highest BCUT2D eigenvalue weighted by Gasteiger charge is 2.11.